The van der Waals surface area contributed by atoms with Gasteiger partial charge in [-0.2, -0.15) is 5.26 Å². The van der Waals surface area contributed by atoms with E-state index in [1.165, 1.54) is 13.1 Å². The van der Waals surface area contributed by atoms with E-state index in [1.54, 1.807) is 30.3 Å². The summed E-state index contributed by atoms with van der Waals surface area (Å²) in [6.07, 6.45) is 1.34. The zero-order valence-corrected chi connectivity index (χ0v) is 14.3. The van der Waals surface area contributed by atoms with E-state index >= 15 is 0 Å². The van der Waals surface area contributed by atoms with Crippen molar-refractivity contribution in [2.45, 2.75) is 13.5 Å². The van der Waals surface area contributed by atoms with Gasteiger partial charge < -0.3 is 10.6 Å². The molecule has 0 unspecified atom stereocenters. The van der Waals surface area contributed by atoms with Gasteiger partial charge in [-0.1, -0.05) is 41.9 Å². The third kappa shape index (κ3) is 5.20. The molecule has 0 aromatic heterocycles. The van der Waals surface area contributed by atoms with Crippen LogP contribution in [0.5, 0.6) is 0 Å². The topological polar surface area (TPSA) is 82.0 Å². The predicted molar refractivity (Wildman–Crippen MR) is 97.1 cm³/mol. The standard InChI is InChI=1S/C19H16ClN3O2/c1-13(24)14-6-4-7-17(9-14)23-19(25)16(10-21)12-22-11-15-5-2-3-8-18(15)20/h2-9,12,22H,11H2,1H3,(H,23,25)/b16-12-. The van der Waals surface area contributed by atoms with E-state index in [9.17, 15) is 9.59 Å². The fourth-order valence-corrected chi connectivity index (χ4v) is 2.27. The van der Waals surface area contributed by atoms with Gasteiger partial charge in [-0.15, -0.1) is 0 Å². The van der Waals surface area contributed by atoms with Crippen molar-refractivity contribution in [3.63, 3.8) is 0 Å². The lowest BCUT2D eigenvalue weighted by Crippen LogP contribution is -2.17. The van der Waals surface area contributed by atoms with Crippen LogP contribution in [0.1, 0.15) is 22.8 Å². The molecule has 5 nitrogen and oxygen atoms in total. The van der Waals surface area contributed by atoms with Crippen LogP contribution < -0.4 is 10.6 Å². The van der Waals surface area contributed by atoms with Crippen molar-refractivity contribution in [3.8, 4) is 6.07 Å². The summed E-state index contributed by atoms with van der Waals surface area (Å²) in [6.45, 7) is 1.83. The summed E-state index contributed by atoms with van der Waals surface area (Å²) < 4.78 is 0. The van der Waals surface area contributed by atoms with Gasteiger partial charge in [-0.05, 0) is 30.7 Å². The van der Waals surface area contributed by atoms with Crippen LogP contribution in [0.3, 0.4) is 0 Å². The molecule has 0 aliphatic heterocycles. The second-order valence-electron chi connectivity index (χ2n) is 5.23. The maximum absolute atomic E-state index is 12.2. The SMILES string of the molecule is CC(=O)c1cccc(NC(=O)/C(C#N)=C\NCc2ccccc2Cl)c1. The van der Waals surface area contributed by atoms with Gasteiger partial charge in [0, 0.05) is 29.0 Å². The molecule has 0 radical (unpaired) electrons. The highest BCUT2D eigenvalue weighted by atomic mass is 35.5. The number of amides is 1. The number of nitrogens with one attached hydrogen (secondary N) is 2. The van der Waals surface area contributed by atoms with Crippen LogP contribution in [0.4, 0.5) is 5.69 Å². The molecule has 0 aliphatic rings. The Morgan fingerprint density at radius 1 is 1.20 bits per heavy atom. The molecule has 0 saturated carbocycles. The number of halogens is 1. The number of nitrogens with zero attached hydrogens (tertiary/aromatic N) is 1. The third-order valence-electron chi connectivity index (χ3n) is 3.39. The molecule has 0 atom stereocenters. The van der Waals surface area contributed by atoms with Crippen LogP contribution in [0.15, 0.2) is 60.3 Å². The minimum absolute atomic E-state index is 0.0831. The Bertz CT molecular complexity index is 869. The number of nitriles is 1. The molecule has 2 aromatic rings. The first-order valence-electron chi connectivity index (χ1n) is 7.50. The first-order valence-corrected chi connectivity index (χ1v) is 7.88. The van der Waals surface area contributed by atoms with Crippen molar-refractivity contribution < 1.29 is 9.59 Å². The van der Waals surface area contributed by atoms with Crippen LogP contribution in [-0.2, 0) is 11.3 Å². The van der Waals surface area contributed by atoms with Crippen molar-refractivity contribution in [1.29, 1.82) is 5.26 Å². The van der Waals surface area contributed by atoms with Gasteiger partial charge in [0.25, 0.3) is 5.91 Å². The second kappa shape index (κ2) is 8.67. The Hall–Kier alpha value is -3.10. The normalized spacial score (nSPS) is 10.7. The summed E-state index contributed by atoms with van der Waals surface area (Å²) in [4.78, 5) is 23.6. The van der Waals surface area contributed by atoms with Crippen molar-refractivity contribution in [1.82, 2.24) is 5.32 Å². The predicted octanol–water partition coefficient (Wildman–Crippen LogP) is 3.68. The van der Waals surface area contributed by atoms with Gasteiger partial charge >= 0.3 is 0 Å². The van der Waals surface area contributed by atoms with E-state index in [0.29, 0.717) is 22.8 Å². The number of carbonyl (C=O) groups is 2. The molecule has 2 N–H and O–H groups in total. The number of anilines is 1. The van der Waals surface area contributed by atoms with Crippen LogP contribution in [-0.4, -0.2) is 11.7 Å². The van der Waals surface area contributed by atoms with Crippen LogP contribution in [0.2, 0.25) is 5.02 Å². The summed E-state index contributed by atoms with van der Waals surface area (Å²) in [5.74, 6) is -0.664. The van der Waals surface area contributed by atoms with Gasteiger partial charge in [-0.3, -0.25) is 9.59 Å². The van der Waals surface area contributed by atoms with Gasteiger partial charge in [0.05, 0.1) is 0 Å². The van der Waals surface area contributed by atoms with Gasteiger partial charge in [-0.25, -0.2) is 0 Å². The van der Waals surface area contributed by atoms with Crippen molar-refractivity contribution >= 4 is 29.0 Å². The first-order chi connectivity index (χ1) is 12.0. The zero-order chi connectivity index (χ0) is 18.2. The van der Waals surface area contributed by atoms with Gasteiger partial charge in [0.1, 0.15) is 11.6 Å². The van der Waals surface area contributed by atoms with Crippen molar-refractivity contribution in [2.75, 3.05) is 5.32 Å². The average Bonchev–Trinajstić information content (AvgIpc) is 2.60. The Kier molecular flexibility index (Phi) is 6.33. The van der Waals surface area contributed by atoms with E-state index in [0.717, 1.165) is 5.56 Å². The highest BCUT2D eigenvalue weighted by Gasteiger charge is 2.10. The van der Waals surface area contributed by atoms with Crippen molar-refractivity contribution in [3.05, 3.63) is 76.5 Å². The molecular weight excluding hydrogens is 338 g/mol. The molecule has 126 valence electrons. The quantitative estimate of drug-likeness (QED) is 0.471. The smallest absolute Gasteiger partial charge is 0.267 e. The molecule has 1 amide bonds. The maximum atomic E-state index is 12.2. The Morgan fingerprint density at radius 3 is 2.64 bits per heavy atom. The molecular formula is C19H16ClN3O2. The largest absolute Gasteiger partial charge is 0.386 e. The third-order valence-corrected chi connectivity index (χ3v) is 3.76. The molecule has 6 heteroatoms. The summed E-state index contributed by atoms with van der Waals surface area (Å²) in [5.41, 5.74) is 1.70. The molecule has 0 bridgehead atoms. The molecule has 0 saturated heterocycles. The lowest BCUT2D eigenvalue weighted by atomic mass is 10.1. The monoisotopic (exact) mass is 353 g/mol. The minimum atomic E-state index is -0.560. The Morgan fingerprint density at radius 2 is 1.96 bits per heavy atom. The lowest BCUT2D eigenvalue weighted by Gasteiger charge is -2.07. The molecule has 25 heavy (non-hydrogen) atoms. The van der Waals surface area contributed by atoms with Crippen molar-refractivity contribution in [2.24, 2.45) is 0 Å². The van der Waals surface area contributed by atoms with E-state index < -0.39 is 5.91 Å². The second-order valence-corrected chi connectivity index (χ2v) is 5.64. The number of ketones is 1. The number of Topliss-reactive ketones (excluding diaryl/α,β-unsaturated/α-hetero) is 1. The summed E-state index contributed by atoms with van der Waals surface area (Å²) in [6, 6.07) is 15.7. The summed E-state index contributed by atoms with van der Waals surface area (Å²) >= 11 is 6.05. The highest BCUT2D eigenvalue weighted by molar-refractivity contribution is 6.31. The number of hydrogen-bond acceptors (Lipinski definition) is 4. The van der Waals surface area contributed by atoms with E-state index in [-0.39, 0.29) is 11.4 Å². The summed E-state index contributed by atoms with van der Waals surface area (Å²) in [7, 11) is 0. The number of rotatable bonds is 6. The Balaban J connectivity index is 2.03. The van der Waals surface area contributed by atoms with Crippen LogP contribution in [0.25, 0.3) is 0 Å². The molecule has 2 aromatic carbocycles. The van der Waals surface area contributed by atoms with Gasteiger partial charge in [0.2, 0.25) is 0 Å². The fraction of sp³-hybridized carbons (Fsp3) is 0.105. The van der Waals surface area contributed by atoms with Crippen LogP contribution >= 0.6 is 11.6 Å². The lowest BCUT2D eigenvalue weighted by molar-refractivity contribution is -0.112. The minimum Gasteiger partial charge on any atom is -0.386 e. The summed E-state index contributed by atoms with van der Waals surface area (Å²) in [5, 5.41) is 15.3. The molecule has 0 heterocycles. The van der Waals surface area contributed by atoms with E-state index in [1.807, 2.05) is 24.3 Å². The fourth-order valence-electron chi connectivity index (χ4n) is 2.07. The maximum Gasteiger partial charge on any atom is 0.267 e. The van der Waals surface area contributed by atoms with Gasteiger partial charge in [0.15, 0.2) is 5.78 Å². The van der Waals surface area contributed by atoms with E-state index in [4.69, 9.17) is 16.9 Å². The number of benzene rings is 2. The molecule has 2 rings (SSSR count). The molecule has 0 aliphatic carbocycles. The number of carbonyl (C=O) groups excluding carboxylic acids is 2. The molecule has 0 spiro atoms. The first kappa shape index (κ1) is 18.2. The molecule has 0 fully saturated rings. The average molecular weight is 354 g/mol. The highest BCUT2D eigenvalue weighted by Crippen LogP contribution is 2.15. The zero-order valence-electron chi connectivity index (χ0n) is 13.5. The van der Waals surface area contributed by atoms with Crippen LogP contribution in [0, 0.1) is 11.3 Å². The Labute approximate surface area is 150 Å². The number of hydrogen-bond donors (Lipinski definition) is 2. The van der Waals surface area contributed by atoms with E-state index in [2.05, 4.69) is 10.6 Å².